The zero-order valence-electron chi connectivity index (χ0n) is 30.3. The number of hydrogen-bond acceptors (Lipinski definition) is 3. The molecular weight excluding hydrogens is 683 g/mol. The van der Waals surface area contributed by atoms with Gasteiger partial charge in [-0.05, 0) is 90.0 Å². The Hall–Kier alpha value is -7.63. The highest BCUT2D eigenvalue weighted by Crippen LogP contribution is 2.41. The van der Waals surface area contributed by atoms with Crippen LogP contribution in [0, 0.1) is 0 Å². The normalized spacial score (nSPS) is 11.6. The van der Waals surface area contributed by atoms with Gasteiger partial charge in [-0.3, -0.25) is 4.98 Å². The summed E-state index contributed by atoms with van der Waals surface area (Å²) < 4.78 is 4.68. The molecule has 56 heavy (non-hydrogen) atoms. The summed E-state index contributed by atoms with van der Waals surface area (Å²) >= 11 is 0. The summed E-state index contributed by atoms with van der Waals surface area (Å²) in [6.07, 6.45) is 1.89. The van der Waals surface area contributed by atoms with E-state index in [0.717, 1.165) is 78.0 Å². The number of aromatic nitrogens is 5. The van der Waals surface area contributed by atoms with Crippen molar-refractivity contribution < 1.29 is 0 Å². The van der Waals surface area contributed by atoms with Gasteiger partial charge < -0.3 is 9.13 Å². The molecule has 4 aromatic heterocycles. The molecule has 0 amide bonds. The second kappa shape index (κ2) is 13.0. The van der Waals surface area contributed by atoms with Gasteiger partial charge in [-0.2, -0.15) is 0 Å². The van der Waals surface area contributed by atoms with E-state index in [-0.39, 0.29) is 0 Å². The highest BCUT2D eigenvalue weighted by atomic mass is 15.0. The van der Waals surface area contributed by atoms with Crippen molar-refractivity contribution >= 4 is 43.7 Å². The molecule has 0 N–H and O–H groups in total. The molecule has 0 unspecified atom stereocenters. The van der Waals surface area contributed by atoms with Crippen LogP contribution >= 0.6 is 0 Å². The van der Waals surface area contributed by atoms with Crippen LogP contribution in [0.1, 0.15) is 0 Å². The summed E-state index contributed by atoms with van der Waals surface area (Å²) in [5.41, 5.74) is 14.9. The topological polar surface area (TPSA) is 48.5 Å². The summed E-state index contributed by atoms with van der Waals surface area (Å²) in [5.74, 6) is 0.694. The van der Waals surface area contributed by atoms with Crippen LogP contribution in [0.25, 0.3) is 100 Å². The minimum absolute atomic E-state index is 0.694. The number of benzene rings is 7. The Labute approximate surface area is 323 Å². The van der Waals surface area contributed by atoms with Gasteiger partial charge in [-0.25, -0.2) is 9.97 Å². The third-order valence-corrected chi connectivity index (χ3v) is 10.8. The summed E-state index contributed by atoms with van der Waals surface area (Å²) in [6, 6.07) is 68.2. The number of fused-ring (bicyclic) bond motifs is 6. The van der Waals surface area contributed by atoms with Crippen molar-refractivity contribution in [1.29, 1.82) is 0 Å². The number of nitrogens with zero attached hydrogens (tertiary/aromatic N) is 5. The molecule has 0 aliphatic carbocycles. The van der Waals surface area contributed by atoms with Crippen molar-refractivity contribution in [1.82, 2.24) is 24.1 Å². The number of rotatable bonds is 6. The summed E-state index contributed by atoms with van der Waals surface area (Å²) in [4.78, 5) is 15.0. The van der Waals surface area contributed by atoms with E-state index < -0.39 is 0 Å². The molecule has 0 aliphatic heterocycles. The first-order valence-corrected chi connectivity index (χ1v) is 18.9. The lowest BCUT2D eigenvalue weighted by Gasteiger charge is -2.12. The SMILES string of the molecule is c1ccc(-c2cc(-c3ccccc3)nc(-c3ccc(-n4c5ccccc5c5c(-c6ccc7c(c6)c6ncccc6n7-c6ccccc6)cccc54)cc3)n2)cc1. The quantitative estimate of drug-likeness (QED) is 0.172. The van der Waals surface area contributed by atoms with Crippen molar-refractivity contribution in [3.63, 3.8) is 0 Å². The maximum Gasteiger partial charge on any atom is 0.160 e. The average molecular weight is 716 g/mol. The van der Waals surface area contributed by atoms with E-state index in [0.29, 0.717) is 5.82 Å². The van der Waals surface area contributed by atoms with E-state index in [9.17, 15) is 0 Å². The van der Waals surface area contributed by atoms with Crippen LogP contribution in [0.15, 0.2) is 200 Å². The lowest BCUT2D eigenvalue weighted by atomic mass is 9.98. The van der Waals surface area contributed by atoms with Gasteiger partial charge in [0.2, 0.25) is 0 Å². The Morgan fingerprint density at radius 1 is 0.357 bits per heavy atom. The van der Waals surface area contributed by atoms with E-state index in [4.69, 9.17) is 15.0 Å². The van der Waals surface area contributed by atoms with Crippen LogP contribution in [0.2, 0.25) is 0 Å². The number of pyridine rings is 1. The molecule has 262 valence electrons. The van der Waals surface area contributed by atoms with E-state index in [1.165, 1.54) is 16.3 Å². The average Bonchev–Trinajstić information content (AvgIpc) is 3.80. The van der Waals surface area contributed by atoms with Crippen LogP contribution in [-0.4, -0.2) is 24.1 Å². The fourth-order valence-corrected chi connectivity index (χ4v) is 8.25. The molecule has 0 aliphatic rings. The van der Waals surface area contributed by atoms with Gasteiger partial charge in [-0.15, -0.1) is 0 Å². The van der Waals surface area contributed by atoms with Crippen LogP contribution in [0.3, 0.4) is 0 Å². The third-order valence-electron chi connectivity index (χ3n) is 10.8. The maximum absolute atomic E-state index is 5.07. The standard InChI is InChI=1S/C51H33N5/c1-4-14-34(15-5-1)43-33-44(35-16-6-2-7-17-35)54-51(53-43)36-25-28-39(29-26-36)55-45-22-11-10-20-41(45)49-40(21-12-23-47(49)55)37-27-30-46-42(32-37)50-48(24-13-31-52-50)56(46)38-18-8-3-9-19-38/h1-33H. The van der Waals surface area contributed by atoms with Crippen molar-refractivity contribution in [3.05, 3.63) is 200 Å². The van der Waals surface area contributed by atoms with Crippen molar-refractivity contribution in [2.45, 2.75) is 0 Å². The number of hydrogen-bond donors (Lipinski definition) is 0. The van der Waals surface area contributed by atoms with Gasteiger partial charge in [0.05, 0.1) is 39.0 Å². The van der Waals surface area contributed by atoms with E-state index in [1.54, 1.807) is 0 Å². The van der Waals surface area contributed by atoms with Crippen LogP contribution < -0.4 is 0 Å². The van der Waals surface area contributed by atoms with Crippen molar-refractivity contribution in [3.8, 4) is 56.4 Å². The van der Waals surface area contributed by atoms with Crippen molar-refractivity contribution in [2.24, 2.45) is 0 Å². The predicted molar refractivity (Wildman–Crippen MR) is 230 cm³/mol. The van der Waals surface area contributed by atoms with Crippen molar-refractivity contribution in [2.75, 3.05) is 0 Å². The predicted octanol–water partition coefficient (Wildman–Crippen LogP) is 12.7. The summed E-state index contributed by atoms with van der Waals surface area (Å²) in [7, 11) is 0. The molecule has 5 heteroatoms. The Bertz CT molecular complexity index is 3160. The highest BCUT2D eigenvalue weighted by molar-refractivity contribution is 6.17. The first-order chi connectivity index (χ1) is 27.8. The lowest BCUT2D eigenvalue weighted by Crippen LogP contribution is -1.97. The first kappa shape index (κ1) is 31.9. The summed E-state index contributed by atoms with van der Waals surface area (Å²) in [5, 5.41) is 3.56. The van der Waals surface area contributed by atoms with Gasteiger partial charge in [-0.1, -0.05) is 115 Å². The zero-order valence-corrected chi connectivity index (χ0v) is 30.3. The Morgan fingerprint density at radius 3 is 1.66 bits per heavy atom. The van der Waals surface area contributed by atoms with Gasteiger partial charge in [0, 0.05) is 50.4 Å². The van der Waals surface area contributed by atoms with Crippen LogP contribution in [0.5, 0.6) is 0 Å². The molecule has 0 atom stereocenters. The van der Waals surface area contributed by atoms with E-state index >= 15 is 0 Å². The molecule has 4 heterocycles. The summed E-state index contributed by atoms with van der Waals surface area (Å²) in [6.45, 7) is 0. The van der Waals surface area contributed by atoms with Gasteiger partial charge in [0.1, 0.15) is 0 Å². The second-order valence-corrected chi connectivity index (χ2v) is 14.1. The molecule has 11 rings (SSSR count). The van der Waals surface area contributed by atoms with E-state index in [2.05, 4.69) is 161 Å². The molecule has 11 aromatic rings. The number of para-hydroxylation sites is 2. The van der Waals surface area contributed by atoms with E-state index in [1.807, 2.05) is 48.7 Å². The second-order valence-electron chi connectivity index (χ2n) is 14.1. The molecule has 0 saturated carbocycles. The Morgan fingerprint density at radius 2 is 0.929 bits per heavy atom. The van der Waals surface area contributed by atoms with Gasteiger partial charge in [0.25, 0.3) is 0 Å². The fourth-order valence-electron chi connectivity index (χ4n) is 8.25. The molecular formula is C51H33N5. The Balaban J connectivity index is 1.05. The molecule has 0 fully saturated rings. The molecule has 7 aromatic carbocycles. The van der Waals surface area contributed by atoms with Crippen LogP contribution in [-0.2, 0) is 0 Å². The molecule has 0 radical (unpaired) electrons. The lowest BCUT2D eigenvalue weighted by molar-refractivity contribution is 1.16. The third kappa shape index (κ3) is 5.21. The minimum atomic E-state index is 0.694. The first-order valence-electron chi connectivity index (χ1n) is 18.9. The van der Waals surface area contributed by atoms with Gasteiger partial charge in [0.15, 0.2) is 5.82 Å². The zero-order chi connectivity index (χ0) is 37.0. The molecule has 0 spiro atoms. The monoisotopic (exact) mass is 715 g/mol. The van der Waals surface area contributed by atoms with Crippen LogP contribution in [0.4, 0.5) is 0 Å². The fraction of sp³-hybridized carbons (Fsp3) is 0. The van der Waals surface area contributed by atoms with Gasteiger partial charge >= 0.3 is 0 Å². The Kier molecular flexibility index (Phi) is 7.42. The highest BCUT2D eigenvalue weighted by Gasteiger charge is 2.19. The molecule has 0 saturated heterocycles. The minimum Gasteiger partial charge on any atom is -0.309 e. The molecule has 5 nitrogen and oxygen atoms in total. The molecule has 0 bridgehead atoms. The maximum atomic E-state index is 5.07. The largest absolute Gasteiger partial charge is 0.309 e. The smallest absolute Gasteiger partial charge is 0.160 e.